The van der Waals surface area contributed by atoms with Crippen LogP contribution in [0.2, 0.25) is 5.02 Å². The van der Waals surface area contributed by atoms with Crippen molar-refractivity contribution in [3.8, 4) is 18.0 Å². The number of aromatic nitrogens is 2. The lowest BCUT2D eigenvalue weighted by Gasteiger charge is -2.18. The summed E-state index contributed by atoms with van der Waals surface area (Å²) in [5.74, 6) is 1.51. The Bertz CT molecular complexity index is 1390. The molecule has 0 bridgehead atoms. The summed E-state index contributed by atoms with van der Waals surface area (Å²) in [6.07, 6.45) is 2.77. The summed E-state index contributed by atoms with van der Waals surface area (Å²) < 4.78 is 41.3. The molecule has 3 aromatic rings. The van der Waals surface area contributed by atoms with Gasteiger partial charge in [0, 0.05) is 17.7 Å². The third-order valence-electron chi connectivity index (χ3n) is 5.99. The predicted molar refractivity (Wildman–Crippen MR) is 130 cm³/mol. The van der Waals surface area contributed by atoms with Gasteiger partial charge in [-0.05, 0) is 62.4 Å². The molecule has 6 nitrogen and oxygen atoms in total. The molecule has 1 heterocycles. The van der Waals surface area contributed by atoms with E-state index in [2.05, 4.69) is 21.7 Å². The first-order chi connectivity index (χ1) is 17.0. The van der Waals surface area contributed by atoms with Crippen molar-refractivity contribution in [2.45, 2.75) is 38.9 Å². The van der Waals surface area contributed by atoms with E-state index in [0.717, 1.165) is 17.5 Å². The van der Waals surface area contributed by atoms with Crippen LogP contribution in [0.25, 0.3) is 5.69 Å². The van der Waals surface area contributed by atoms with Crippen LogP contribution in [0.3, 0.4) is 0 Å². The number of aryl methyl sites for hydroxylation is 1. The molecule has 1 fully saturated rings. The van der Waals surface area contributed by atoms with Crippen LogP contribution in [-0.2, 0) is 6.18 Å². The summed E-state index contributed by atoms with van der Waals surface area (Å²) in [6.45, 7) is 3.54. The smallest absolute Gasteiger partial charge is 0.349 e. The standard InChI is InChI=1S/C26H22ClF3N4O2/c1-4-16-11-14(2)23(18(12-16)24(35)31-15(3)17-9-10-17)32-25(36)21-13-22(26(28,29)30)33-34(21)20-8-6-5-7-19(20)27/h1,5-8,11-13,15,17H,9-10H2,2-3H3,(H,31,35)(H,32,36). The number of halogens is 4. The maximum atomic E-state index is 13.5. The van der Waals surface area contributed by atoms with E-state index in [0.29, 0.717) is 23.1 Å². The van der Waals surface area contributed by atoms with Crippen molar-refractivity contribution < 1.29 is 22.8 Å². The Kier molecular flexibility index (Phi) is 6.83. The minimum Gasteiger partial charge on any atom is -0.349 e. The number of hydrogen-bond donors (Lipinski definition) is 2. The molecular formula is C26H22ClF3N4O2. The summed E-state index contributed by atoms with van der Waals surface area (Å²) in [5.41, 5.74) is -0.422. The molecule has 0 aliphatic heterocycles. The number of hydrogen-bond acceptors (Lipinski definition) is 3. The number of carbonyl (C=O) groups is 2. The molecule has 1 unspecified atom stereocenters. The van der Waals surface area contributed by atoms with Crippen molar-refractivity contribution in [2.24, 2.45) is 5.92 Å². The molecule has 1 aromatic heterocycles. The van der Waals surface area contributed by atoms with Crippen molar-refractivity contribution in [3.05, 3.63) is 75.6 Å². The fraction of sp³-hybridized carbons (Fsp3) is 0.269. The molecule has 2 amide bonds. The first-order valence-corrected chi connectivity index (χ1v) is 11.5. The molecule has 1 aliphatic carbocycles. The van der Waals surface area contributed by atoms with Gasteiger partial charge in [-0.15, -0.1) is 6.42 Å². The van der Waals surface area contributed by atoms with Crippen molar-refractivity contribution >= 4 is 29.1 Å². The van der Waals surface area contributed by atoms with Crippen LogP contribution >= 0.6 is 11.6 Å². The fourth-order valence-corrected chi connectivity index (χ4v) is 4.10. The highest BCUT2D eigenvalue weighted by Gasteiger charge is 2.37. The number of nitrogens with one attached hydrogen (secondary N) is 2. The summed E-state index contributed by atoms with van der Waals surface area (Å²) in [5, 5.41) is 9.21. The van der Waals surface area contributed by atoms with Gasteiger partial charge in [0.25, 0.3) is 11.8 Å². The summed E-state index contributed by atoms with van der Waals surface area (Å²) in [6, 6.07) is 9.70. The Morgan fingerprint density at radius 3 is 2.50 bits per heavy atom. The normalized spacial score (nSPS) is 14.1. The van der Waals surface area contributed by atoms with Gasteiger partial charge in [-0.2, -0.15) is 18.3 Å². The van der Waals surface area contributed by atoms with Gasteiger partial charge in [0.05, 0.1) is 22.0 Å². The number of benzene rings is 2. The molecule has 1 saturated carbocycles. The average molecular weight is 515 g/mol. The van der Waals surface area contributed by atoms with Crippen LogP contribution in [0.1, 0.15) is 57.4 Å². The Balaban J connectivity index is 1.75. The van der Waals surface area contributed by atoms with Gasteiger partial charge >= 0.3 is 6.18 Å². The molecule has 2 aromatic carbocycles. The van der Waals surface area contributed by atoms with Gasteiger partial charge in [0.1, 0.15) is 5.69 Å². The van der Waals surface area contributed by atoms with E-state index < -0.39 is 29.4 Å². The van der Waals surface area contributed by atoms with Gasteiger partial charge in [0.2, 0.25) is 0 Å². The minimum absolute atomic E-state index is 0.0770. The Morgan fingerprint density at radius 2 is 1.89 bits per heavy atom. The highest BCUT2D eigenvalue weighted by molar-refractivity contribution is 6.32. The molecule has 10 heteroatoms. The second kappa shape index (κ2) is 9.70. The number of anilines is 1. The first kappa shape index (κ1) is 25.3. The van der Waals surface area contributed by atoms with Gasteiger partial charge in [-0.1, -0.05) is 29.7 Å². The number of amides is 2. The molecule has 0 radical (unpaired) electrons. The maximum Gasteiger partial charge on any atom is 0.435 e. The van der Waals surface area contributed by atoms with Crippen LogP contribution in [0.15, 0.2) is 42.5 Å². The molecule has 0 saturated heterocycles. The zero-order chi connectivity index (χ0) is 26.2. The monoisotopic (exact) mass is 514 g/mol. The highest BCUT2D eigenvalue weighted by atomic mass is 35.5. The van der Waals surface area contributed by atoms with Crippen LogP contribution in [0, 0.1) is 25.2 Å². The van der Waals surface area contributed by atoms with Crippen molar-refractivity contribution in [2.75, 3.05) is 5.32 Å². The van der Waals surface area contributed by atoms with Gasteiger partial charge in [-0.25, -0.2) is 4.68 Å². The summed E-state index contributed by atoms with van der Waals surface area (Å²) >= 11 is 6.18. The molecule has 2 N–H and O–H groups in total. The van der Waals surface area contributed by atoms with E-state index in [4.69, 9.17) is 18.0 Å². The molecule has 1 aliphatic rings. The lowest BCUT2D eigenvalue weighted by Crippen LogP contribution is -2.35. The second-order valence-corrected chi connectivity index (χ2v) is 9.10. The Hall–Kier alpha value is -3.77. The molecule has 0 spiro atoms. The fourth-order valence-electron chi connectivity index (χ4n) is 3.88. The first-order valence-electron chi connectivity index (χ1n) is 11.1. The molecule has 36 heavy (non-hydrogen) atoms. The van der Waals surface area contributed by atoms with Crippen LogP contribution in [-0.4, -0.2) is 27.6 Å². The van der Waals surface area contributed by atoms with E-state index >= 15 is 0 Å². The number of rotatable bonds is 6. The molecule has 4 rings (SSSR count). The van der Waals surface area contributed by atoms with E-state index in [-0.39, 0.29) is 28.0 Å². The van der Waals surface area contributed by atoms with Gasteiger partial charge in [0.15, 0.2) is 5.69 Å². The quantitative estimate of drug-likeness (QED) is 0.419. The Labute approximate surface area is 210 Å². The Morgan fingerprint density at radius 1 is 1.19 bits per heavy atom. The SMILES string of the molecule is C#Cc1cc(C)c(NC(=O)c2cc(C(F)(F)F)nn2-c2ccccc2Cl)c(C(=O)NC(C)C2CC2)c1. The number of nitrogens with zero attached hydrogens (tertiary/aromatic N) is 2. The van der Waals surface area contributed by atoms with Crippen molar-refractivity contribution in [1.82, 2.24) is 15.1 Å². The van der Waals surface area contributed by atoms with Gasteiger partial charge in [-0.3, -0.25) is 9.59 Å². The zero-order valence-electron chi connectivity index (χ0n) is 19.4. The number of carbonyl (C=O) groups excluding carboxylic acids is 2. The largest absolute Gasteiger partial charge is 0.435 e. The molecule has 186 valence electrons. The van der Waals surface area contributed by atoms with Crippen molar-refractivity contribution in [1.29, 1.82) is 0 Å². The van der Waals surface area contributed by atoms with Crippen LogP contribution in [0.5, 0.6) is 0 Å². The third kappa shape index (κ3) is 5.24. The van der Waals surface area contributed by atoms with Crippen LogP contribution in [0.4, 0.5) is 18.9 Å². The van der Waals surface area contributed by atoms with Crippen LogP contribution < -0.4 is 10.6 Å². The third-order valence-corrected chi connectivity index (χ3v) is 6.31. The average Bonchev–Trinajstić information content (AvgIpc) is 3.57. The van der Waals surface area contributed by atoms with E-state index in [1.807, 2.05) is 6.92 Å². The van der Waals surface area contributed by atoms with E-state index in [1.165, 1.54) is 18.2 Å². The van der Waals surface area contributed by atoms with E-state index in [1.54, 1.807) is 25.1 Å². The van der Waals surface area contributed by atoms with E-state index in [9.17, 15) is 22.8 Å². The summed E-state index contributed by atoms with van der Waals surface area (Å²) in [7, 11) is 0. The lowest BCUT2D eigenvalue weighted by atomic mass is 10.0. The molecule has 1 atom stereocenters. The highest BCUT2D eigenvalue weighted by Crippen LogP contribution is 2.34. The second-order valence-electron chi connectivity index (χ2n) is 8.69. The topological polar surface area (TPSA) is 76.0 Å². The predicted octanol–water partition coefficient (Wildman–Crippen LogP) is 5.61. The molecular weight excluding hydrogens is 493 g/mol. The number of alkyl halides is 3. The zero-order valence-corrected chi connectivity index (χ0v) is 20.2. The van der Waals surface area contributed by atoms with Crippen molar-refractivity contribution in [3.63, 3.8) is 0 Å². The number of para-hydroxylation sites is 1. The minimum atomic E-state index is -4.80. The summed E-state index contributed by atoms with van der Waals surface area (Å²) in [4.78, 5) is 26.4. The van der Waals surface area contributed by atoms with Gasteiger partial charge < -0.3 is 10.6 Å². The number of terminal acetylenes is 1. The lowest BCUT2D eigenvalue weighted by molar-refractivity contribution is -0.141. The maximum absolute atomic E-state index is 13.5.